The highest BCUT2D eigenvalue weighted by atomic mass is 16.2. The van der Waals surface area contributed by atoms with Gasteiger partial charge in [0, 0.05) is 37.4 Å². The van der Waals surface area contributed by atoms with Crippen LogP contribution in [0.5, 0.6) is 0 Å². The van der Waals surface area contributed by atoms with E-state index < -0.39 is 0 Å². The number of imide groups is 1. The van der Waals surface area contributed by atoms with Crippen molar-refractivity contribution in [3.05, 3.63) is 95.6 Å². The van der Waals surface area contributed by atoms with Crippen molar-refractivity contribution in [2.24, 2.45) is 0 Å². The van der Waals surface area contributed by atoms with Gasteiger partial charge in [-0.1, -0.05) is 30.3 Å². The van der Waals surface area contributed by atoms with E-state index in [1.165, 1.54) is 4.90 Å². The van der Waals surface area contributed by atoms with Crippen LogP contribution in [0.1, 0.15) is 31.1 Å². The third-order valence-electron chi connectivity index (χ3n) is 5.85. The van der Waals surface area contributed by atoms with Crippen molar-refractivity contribution in [3.63, 3.8) is 0 Å². The maximum Gasteiger partial charge on any atom is 0.266 e. The minimum Gasteiger partial charge on any atom is -0.368 e. The van der Waals surface area contributed by atoms with Gasteiger partial charge in [0.2, 0.25) is 0 Å². The van der Waals surface area contributed by atoms with E-state index in [0.717, 1.165) is 18.8 Å². The Balaban J connectivity index is 1.26. The summed E-state index contributed by atoms with van der Waals surface area (Å²) in [5.74, 6) is -0.524. The Bertz CT molecular complexity index is 1120. The van der Waals surface area contributed by atoms with Crippen molar-refractivity contribution < 1.29 is 14.4 Å². The predicted octanol–water partition coefficient (Wildman–Crippen LogP) is 3.45. The number of amides is 3. The van der Waals surface area contributed by atoms with Gasteiger partial charge in [-0.2, -0.15) is 0 Å². The van der Waals surface area contributed by atoms with Gasteiger partial charge in [-0.3, -0.25) is 14.4 Å². The van der Waals surface area contributed by atoms with Crippen molar-refractivity contribution in [2.45, 2.75) is 0 Å². The Morgan fingerprint density at radius 2 is 1.13 bits per heavy atom. The Morgan fingerprint density at radius 1 is 0.613 bits per heavy atom. The molecule has 0 bridgehead atoms. The first-order chi connectivity index (χ1) is 15.1. The molecule has 0 atom stereocenters. The van der Waals surface area contributed by atoms with Gasteiger partial charge in [-0.15, -0.1) is 0 Å². The SMILES string of the molecule is O=C(c1ccccc1)N1CCN(c2ccc(N3C(=O)c4ccccc4C3=O)cc2)CC1. The molecule has 0 spiro atoms. The first-order valence-corrected chi connectivity index (χ1v) is 10.3. The van der Waals surface area contributed by atoms with Crippen molar-refractivity contribution in [3.8, 4) is 0 Å². The van der Waals surface area contributed by atoms with E-state index in [9.17, 15) is 14.4 Å². The van der Waals surface area contributed by atoms with E-state index in [1.54, 1.807) is 36.4 Å². The lowest BCUT2D eigenvalue weighted by molar-refractivity contribution is 0.0746. The van der Waals surface area contributed by atoms with Crippen molar-refractivity contribution in [1.29, 1.82) is 0 Å². The summed E-state index contributed by atoms with van der Waals surface area (Å²) in [6.07, 6.45) is 0. The number of hydrogen-bond donors (Lipinski definition) is 0. The number of rotatable bonds is 3. The molecule has 0 radical (unpaired) electrons. The van der Waals surface area contributed by atoms with Gasteiger partial charge in [0.05, 0.1) is 16.8 Å². The third kappa shape index (κ3) is 3.36. The molecule has 2 aliphatic heterocycles. The fraction of sp³-hybridized carbons (Fsp3) is 0.160. The van der Waals surface area contributed by atoms with Crippen LogP contribution in [0.4, 0.5) is 11.4 Å². The molecule has 0 unspecified atom stereocenters. The van der Waals surface area contributed by atoms with Crippen LogP contribution in [-0.2, 0) is 0 Å². The molecular weight excluding hydrogens is 390 g/mol. The highest BCUT2D eigenvalue weighted by Crippen LogP contribution is 2.30. The maximum atomic E-state index is 12.7. The summed E-state index contributed by atoms with van der Waals surface area (Å²) in [6, 6.07) is 23.7. The van der Waals surface area contributed by atoms with E-state index in [2.05, 4.69) is 4.90 Å². The summed E-state index contributed by atoms with van der Waals surface area (Å²) in [7, 11) is 0. The largest absolute Gasteiger partial charge is 0.368 e. The summed E-state index contributed by atoms with van der Waals surface area (Å²) in [6.45, 7) is 2.75. The van der Waals surface area contributed by atoms with Crippen LogP contribution in [0.2, 0.25) is 0 Å². The Morgan fingerprint density at radius 3 is 1.71 bits per heavy atom. The van der Waals surface area contributed by atoms with Gasteiger partial charge in [-0.05, 0) is 48.5 Å². The average molecular weight is 411 g/mol. The minimum atomic E-state index is -0.290. The molecule has 6 heteroatoms. The molecule has 2 heterocycles. The zero-order chi connectivity index (χ0) is 21.4. The third-order valence-corrected chi connectivity index (χ3v) is 5.85. The summed E-state index contributed by atoms with van der Waals surface area (Å²) >= 11 is 0. The molecule has 1 saturated heterocycles. The molecule has 2 aliphatic rings. The van der Waals surface area contributed by atoms with Gasteiger partial charge in [-0.25, -0.2) is 4.90 Å². The number of carbonyl (C=O) groups excluding carboxylic acids is 3. The van der Waals surface area contributed by atoms with Gasteiger partial charge in [0.25, 0.3) is 17.7 Å². The summed E-state index contributed by atoms with van der Waals surface area (Å²) in [5, 5.41) is 0. The average Bonchev–Trinajstić information content (AvgIpc) is 3.09. The van der Waals surface area contributed by atoms with E-state index in [-0.39, 0.29) is 17.7 Å². The van der Waals surface area contributed by atoms with Crippen LogP contribution in [0, 0.1) is 0 Å². The summed E-state index contributed by atoms with van der Waals surface area (Å²) in [4.78, 5) is 43.3. The van der Waals surface area contributed by atoms with Crippen LogP contribution in [0.15, 0.2) is 78.9 Å². The second kappa shape index (κ2) is 7.72. The Hall–Kier alpha value is -3.93. The normalized spacial score (nSPS) is 15.9. The highest BCUT2D eigenvalue weighted by molar-refractivity contribution is 6.34. The van der Waals surface area contributed by atoms with Crippen LogP contribution in [0.25, 0.3) is 0 Å². The van der Waals surface area contributed by atoms with E-state index in [1.807, 2.05) is 47.4 Å². The fourth-order valence-electron chi connectivity index (χ4n) is 4.17. The number of piperazine rings is 1. The summed E-state index contributed by atoms with van der Waals surface area (Å²) in [5.41, 5.74) is 3.16. The molecule has 6 nitrogen and oxygen atoms in total. The fourth-order valence-corrected chi connectivity index (χ4v) is 4.17. The molecule has 3 amide bonds. The van der Waals surface area contributed by atoms with E-state index >= 15 is 0 Å². The second-order valence-electron chi connectivity index (χ2n) is 7.65. The molecule has 3 aromatic carbocycles. The molecule has 31 heavy (non-hydrogen) atoms. The number of anilines is 2. The van der Waals surface area contributed by atoms with Crippen LogP contribution in [-0.4, -0.2) is 48.8 Å². The number of carbonyl (C=O) groups is 3. The zero-order valence-electron chi connectivity index (χ0n) is 16.9. The number of fused-ring (bicyclic) bond motifs is 1. The lowest BCUT2D eigenvalue weighted by atomic mass is 10.1. The zero-order valence-corrected chi connectivity index (χ0v) is 16.9. The van der Waals surface area contributed by atoms with Gasteiger partial charge in [0.1, 0.15) is 0 Å². The minimum absolute atomic E-state index is 0.0567. The smallest absolute Gasteiger partial charge is 0.266 e. The Labute approximate surface area is 180 Å². The lowest BCUT2D eigenvalue weighted by Crippen LogP contribution is -2.48. The highest BCUT2D eigenvalue weighted by Gasteiger charge is 2.36. The van der Waals surface area contributed by atoms with Crippen LogP contribution < -0.4 is 9.80 Å². The van der Waals surface area contributed by atoms with Gasteiger partial charge < -0.3 is 9.80 Å². The second-order valence-corrected chi connectivity index (χ2v) is 7.65. The molecule has 0 saturated carbocycles. The van der Waals surface area contributed by atoms with Crippen LogP contribution >= 0.6 is 0 Å². The topological polar surface area (TPSA) is 60.9 Å². The molecule has 5 rings (SSSR count). The van der Waals surface area contributed by atoms with Gasteiger partial charge in [0.15, 0.2) is 0 Å². The van der Waals surface area contributed by atoms with E-state index in [0.29, 0.717) is 35.5 Å². The first kappa shape index (κ1) is 19.1. The lowest BCUT2D eigenvalue weighted by Gasteiger charge is -2.36. The maximum absolute atomic E-state index is 12.7. The summed E-state index contributed by atoms with van der Waals surface area (Å²) < 4.78 is 0. The molecule has 0 N–H and O–H groups in total. The first-order valence-electron chi connectivity index (χ1n) is 10.3. The van der Waals surface area contributed by atoms with Gasteiger partial charge >= 0.3 is 0 Å². The monoisotopic (exact) mass is 411 g/mol. The molecule has 154 valence electrons. The number of nitrogens with zero attached hydrogens (tertiary/aromatic N) is 3. The molecule has 3 aromatic rings. The molecule has 1 fully saturated rings. The quantitative estimate of drug-likeness (QED) is 0.620. The van der Waals surface area contributed by atoms with Crippen LogP contribution in [0.3, 0.4) is 0 Å². The van der Waals surface area contributed by atoms with Crippen molar-refractivity contribution >= 4 is 29.1 Å². The van der Waals surface area contributed by atoms with Crippen molar-refractivity contribution in [1.82, 2.24) is 4.90 Å². The number of benzene rings is 3. The molecule has 0 aromatic heterocycles. The molecule has 0 aliphatic carbocycles. The standard InChI is InChI=1S/C25H21N3O3/c29-23(18-6-2-1-3-7-18)27-16-14-26(15-17-27)19-10-12-20(13-11-19)28-24(30)21-8-4-5-9-22(21)25(28)31/h1-13H,14-17H2. The predicted molar refractivity (Wildman–Crippen MR) is 119 cm³/mol. The number of hydrogen-bond acceptors (Lipinski definition) is 4. The molecular formula is C25H21N3O3. The van der Waals surface area contributed by atoms with E-state index in [4.69, 9.17) is 0 Å². The Kier molecular flexibility index (Phi) is 4.75. The van der Waals surface area contributed by atoms with Crippen molar-refractivity contribution in [2.75, 3.05) is 36.0 Å².